The highest BCUT2D eigenvalue weighted by Gasteiger charge is 2.14. The molecule has 1 N–H and O–H groups in total. The van der Waals surface area contributed by atoms with Gasteiger partial charge in [-0.1, -0.05) is 0 Å². The SMILES string of the molecule is CN(CN1CCNCC1)c1ccc(F)cc1F. The van der Waals surface area contributed by atoms with Gasteiger partial charge in [0.15, 0.2) is 0 Å². The van der Waals surface area contributed by atoms with Crippen molar-refractivity contribution < 1.29 is 8.78 Å². The molecule has 5 heteroatoms. The molecule has 0 aromatic heterocycles. The van der Waals surface area contributed by atoms with E-state index in [1.807, 2.05) is 7.05 Å². The number of hydrogen-bond donors (Lipinski definition) is 1. The van der Waals surface area contributed by atoms with Crippen LogP contribution >= 0.6 is 0 Å². The summed E-state index contributed by atoms with van der Waals surface area (Å²) >= 11 is 0. The number of anilines is 1. The van der Waals surface area contributed by atoms with E-state index in [-0.39, 0.29) is 0 Å². The fourth-order valence-electron chi connectivity index (χ4n) is 2.02. The minimum Gasteiger partial charge on any atom is -0.359 e. The van der Waals surface area contributed by atoms with Gasteiger partial charge in [0.1, 0.15) is 11.6 Å². The Morgan fingerprint density at radius 2 is 2.00 bits per heavy atom. The minimum atomic E-state index is -0.540. The lowest BCUT2D eigenvalue weighted by Crippen LogP contribution is -2.47. The summed E-state index contributed by atoms with van der Waals surface area (Å²) in [5, 5.41) is 3.26. The van der Waals surface area contributed by atoms with Crippen LogP contribution in [0.5, 0.6) is 0 Å². The Bertz CT molecular complexity index is 378. The third kappa shape index (κ3) is 3.14. The smallest absolute Gasteiger partial charge is 0.149 e. The molecule has 1 saturated heterocycles. The summed E-state index contributed by atoms with van der Waals surface area (Å²) in [7, 11) is 1.82. The van der Waals surface area contributed by atoms with Gasteiger partial charge >= 0.3 is 0 Å². The molecule has 94 valence electrons. The molecule has 0 radical (unpaired) electrons. The van der Waals surface area contributed by atoms with E-state index < -0.39 is 11.6 Å². The Hall–Kier alpha value is -1.20. The van der Waals surface area contributed by atoms with Gasteiger partial charge in [0.05, 0.1) is 12.4 Å². The van der Waals surface area contributed by atoms with Crippen molar-refractivity contribution in [3.8, 4) is 0 Å². The second-order valence-electron chi connectivity index (χ2n) is 4.30. The average molecular weight is 241 g/mol. The number of benzene rings is 1. The van der Waals surface area contributed by atoms with E-state index in [0.29, 0.717) is 12.4 Å². The van der Waals surface area contributed by atoms with Crippen LogP contribution < -0.4 is 10.2 Å². The van der Waals surface area contributed by atoms with E-state index >= 15 is 0 Å². The Morgan fingerprint density at radius 1 is 1.29 bits per heavy atom. The Morgan fingerprint density at radius 3 is 2.65 bits per heavy atom. The van der Waals surface area contributed by atoms with E-state index in [1.165, 1.54) is 12.1 Å². The zero-order chi connectivity index (χ0) is 12.3. The lowest BCUT2D eigenvalue weighted by molar-refractivity contribution is 0.243. The van der Waals surface area contributed by atoms with Crippen molar-refractivity contribution in [2.75, 3.05) is 44.8 Å². The van der Waals surface area contributed by atoms with Gasteiger partial charge in [-0.3, -0.25) is 4.90 Å². The van der Waals surface area contributed by atoms with Crippen LogP contribution in [0.2, 0.25) is 0 Å². The predicted octanol–water partition coefficient (Wildman–Crippen LogP) is 1.26. The number of halogens is 2. The number of nitrogens with one attached hydrogen (secondary N) is 1. The monoisotopic (exact) mass is 241 g/mol. The second kappa shape index (κ2) is 5.42. The number of hydrogen-bond acceptors (Lipinski definition) is 3. The Kier molecular flexibility index (Phi) is 3.91. The molecule has 1 aliphatic heterocycles. The fourth-order valence-corrected chi connectivity index (χ4v) is 2.02. The molecule has 17 heavy (non-hydrogen) atoms. The number of piperazine rings is 1. The zero-order valence-electron chi connectivity index (χ0n) is 9.92. The molecule has 1 aromatic carbocycles. The number of rotatable bonds is 3. The van der Waals surface area contributed by atoms with Crippen LogP contribution in [0.1, 0.15) is 0 Å². The maximum atomic E-state index is 13.5. The van der Waals surface area contributed by atoms with Crippen molar-refractivity contribution in [1.29, 1.82) is 0 Å². The summed E-state index contributed by atoms with van der Waals surface area (Å²) in [6.07, 6.45) is 0. The predicted molar refractivity (Wildman–Crippen MR) is 64.1 cm³/mol. The molecule has 0 saturated carbocycles. The summed E-state index contributed by atoms with van der Waals surface area (Å²) in [4.78, 5) is 4.04. The number of nitrogens with zero attached hydrogens (tertiary/aromatic N) is 2. The molecule has 0 unspecified atom stereocenters. The fraction of sp³-hybridized carbons (Fsp3) is 0.500. The highest BCUT2D eigenvalue weighted by molar-refractivity contribution is 5.46. The maximum Gasteiger partial charge on any atom is 0.149 e. The van der Waals surface area contributed by atoms with E-state index in [0.717, 1.165) is 32.2 Å². The Balaban J connectivity index is 2.00. The normalized spacial score (nSPS) is 17.1. The first-order valence-corrected chi connectivity index (χ1v) is 5.76. The average Bonchev–Trinajstić information content (AvgIpc) is 2.30. The van der Waals surface area contributed by atoms with Gasteiger partial charge in [-0.2, -0.15) is 0 Å². The van der Waals surface area contributed by atoms with Gasteiger partial charge in [0, 0.05) is 39.3 Å². The molecular weight excluding hydrogens is 224 g/mol. The summed E-state index contributed by atoms with van der Waals surface area (Å²) < 4.78 is 26.3. The van der Waals surface area contributed by atoms with Crippen molar-refractivity contribution in [3.63, 3.8) is 0 Å². The molecule has 1 heterocycles. The third-order valence-corrected chi connectivity index (χ3v) is 2.94. The third-order valence-electron chi connectivity index (χ3n) is 2.94. The molecule has 0 amide bonds. The first-order valence-electron chi connectivity index (χ1n) is 5.76. The molecule has 1 aromatic rings. The largest absolute Gasteiger partial charge is 0.359 e. The van der Waals surface area contributed by atoms with Crippen LogP contribution in [-0.2, 0) is 0 Å². The molecule has 0 spiro atoms. The lowest BCUT2D eigenvalue weighted by atomic mass is 10.3. The van der Waals surface area contributed by atoms with Gasteiger partial charge in [0.2, 0.25) is 0 Å². The summed E-state index contributed by atoms with van der Waals surface area (Å²) in [6.45, 7) is 4.48. The van der Waals surface area contributed by atoms with E-state index in [4.69, 9.17) is 0 Å². The summed E-state index contributed by atoms with van der Waals surface area (Å²) in [6, 6.07) is 3.68. The molecule has 2 rings (SSSR count). The van der Waals surface area contributed by atoms with Gasteiger partial charge in [0.25, 0.3) is 0 Å². The summed E-state index contributed by atoms with van der Waals surface area (Å²) in [5.74, 6) is -1.05. The van der Waals surface area contributed by atoms with Gasteiger partial charge in [-0.25, -0.2) is 8.78 Å². The zero-order valence-corrected chi connectivity index (χ0v) is 9.92. The van der Waals surface area contributed by atoms with Crippen LogP contribution in [-0.4, -0.2) is 44.8 Å². The molecule has 3 nitrogen and oxygen atoms in total. The summed E-state index contributed by atoms with van der Waals surface area (Å²) in [5.41, 5.74) is 0.435. The van der Waals surface area contributed by atoms with Crippen LogP contribution in [0.4, 0.5) is 14.5 Å². The van der Waals surface area contributed by atoms with Crippen LogP contribution in [0.15, 0.2) is 18.2 Å². The molecule has 0 bridgehead atoms. The van der Waals surface area contributed by atoms with Crippen molar-refractivity contribution in [2.24, 2.45) is 0 Å². The quantitative estimate of drug-likeness (QED) is 0.859. The lowest BCUT2D eigenvalue weighted by Gasteiger charge is -2.32. The van der Waals surface area contributed by atoms with E-state index in [1.54, 1.807) is 4.90 Å². The van der Waals surface area contributed by atoms with Gasteiger partial charge in [-0.15, -0.1) is 0 Å². The molecule has 1 fully saturated rings. The second-order valence-corrected chi connectivity index (χ2v) is 4.30. The highest BCUT2D eigenvalue weighted by atomic mass is 19.1. The van der Waals surface area contributed by atoms with E-state index in [2.05, 4.69) is 10.2 Å². The molecule has 1 aliphatic rings. The molecular formula is C12H17F2N3. The molecule has 0 atom stereocenters. The minimum absolute atomic E-state index is 0.435. The van der Waals surface area contributed by atoms with Crippen molar-refractivity contribution in [2.45, 2.75) is 0 Å². The first kappa shape index (κ1) is 12.3. The van der Waals surface area contributed by atoms with Crippen LogP contribution in [0, 0.1) is 11.6 Å². The van der Waals surface area contributed by atoms with Crippen LogP contribution in [0.25, 0.3) is 0 Å². The first-order chi connectivity index (χ1) is 8.16. The van der Waals surface area contributed by atoms with Crippen molar-refractivity contribution in [1.82, 2.24) is 10.2 Å². The van der Waals surface area contributed by atoms with Gasteiger partial charge in [-0.05, 0) is 12.1 Å². The topological polar surface area (TPSA) is 18.5 Å². The van der Waals surface area contributed by atoms with E-state index in [9.17, 15) is 8.78 Å². The Labute approximate surface area is 100 Å². The molecule has 0 aliphatic carbocycles. The standard InChI is InChI=1S/C12H17F2N3/c1-16(9-17-6-4-15-5-7-17)12-3-2-10(13)8-11(12)14/h2-3,8,15H,4-7,9H2,1H3. The van der Waals surface area contributed by atoms with Crippen LogP contribution in [0.3, 0.4) is 0 Å². The maximum absolute atomic E-state index is 13.5. The highest BCUT2D eigenvalue weighted by Crippen LogP contribution is 2.19. The van der Waals surface area contributed by atoms with Crippen molar-refractivity contribution >= 4 is 5.69 Å². The van der Waals surface area contributed by atoms with Gasteiger partial charge < -0.3 is 10.2 Å². The van der Waals surface area contributed by atoms with Crippen molar-refractivity contribution in [3.05, 3.63) is 29.8 Å².